The van der Waals surface area contributed by atoms with Crippen molar-refractivity contribution >= 4 is 11.5 Å². The molecule has 0 spiro atoms. The number of nitriles is 1. The van der Waals surface area contributed by atoms with E-state index in [9.17, 15) is 9.18 Å². The van der Waals surface area contributed by atoms with E-state index in [-0.39, 0.29) is 5.88 Å². The summed E-state index contributed by atoms with van der Waals surface area (Å²) < 4.78 is 18.0. The van der Waals surface area contributed by atoms with Crippen LogP contribution < -0.4 is 10.6 Å². The third kappa shape index (κ3) is 2.12. The van der Waals surface area contributed by atoms with Gasteiger partial charge in [-0.25, -0.2) is 9.37 Å². The first kappa shape index (κ1) is 11.6. The summed E-state index contributed by atoms with van der Waals surface area (Å²) in [7, 11) is 1.32. The van der Waals surface area contributed by atoms with E-state index in [0.717, 1.165) is 6.07 Å². The fourth-order valence-corrected chi connectivity index (χ4v) is 0.948. The molecule has 0 unspecified atom stereocenters. The summed E-state index contributed by atoms with van der Waals surface area (Å²) in [5.41, 5.74) is -1.18. The number of ether oxygens (including phenoxy) is 1. The van der Waals surface area contributed by atoms with Crippen LogP contribution in [-0.4, -0.2) is 23.6 Å². The minimum atomic E-state index is -0.985. The largest absolute Gasteiger partial charge is 0.481 e. The van der Waals surface area contributed by atoms with Crippen molar-refractivity contribution in [2.24, 2.45) is 10.9 Å². The van der Waals surface area contributed by atoms with Gasteiger partial charge in [-0.2, -0.15) is 10.4 Å². The van der Waals surface area contributed by atoms with Gasteiger partial charge in [-0.15, -0.1) is 0 Å². The SMILES string of the molecule is COc1ccc(F)c(C(=O)/C(C#N)=N/N)n1. The standard InChI is InChI=1S/C9H7FN4O2/c1-16-7-3-2-5(10)8(13-7)9(15)6(4-11)14-12/h2-3H,12H2,1H3/b14-6+. The molecule has 0 saturated carbocycles. The van der Waals surface area contributed by atoms with Crippen molar-refractivity contribution in [2.75, 3.05) is 7.11 Å². The first-order chi connectivity index (χ1) is 7.63. The van der Waals surface area contributed by atoms with E-state index in [1.165, 1.54) is 19.2 Å². The fourth-order valence-electron chi connectivity index (χ4n) is 0.948. The molecule has 0 saturated heterocycles. The summed E-state index contributed by atoms with van der Waals surface area (Å²) in [5.74, 6) is 3.00. The first-order valence-electron chi connectivity index (χ1n) is 4.07. The zero-order valence-electron chi connectivity index (χ0n) is 8.27. The van der Waals surface area contributed by atoms with Crippen LogP contribution >= 0.6 is 0 Å². The van der Waals surface area contributed by atoms with Crippen molar-refractivity contribution < 1.29 is 13.9 Å². The highest BCUT2D eigenvalue weighted by Gasteiger charge is 2.20. The molecule has 1 heterocycles. The van der Waals surface area contributed by atoms with Crippen LogP contribution in [0, 0.1) is 17.1 Å². The molecule has 0 amide bonds. The second-order valence-corrected chi connectivity index (χ2v) is 2.60. The average molecular weight is 222 g/mol. The molecule has 0 aliphatic rings. The summed E-state index contributed by atoms with van der Waals surface area (Å²) in [5, 5.41) is 11.5. The average Bonchev–Trinajstić information content (AvgIpc) is 2.31. The summed E-state index contributed by atoms with van der Waals surface area (Å²) in [6, 6.07) is 3.69. The number of Topliss-reactive ketones (excluding diaryl/α,β-unsaturated/α-hetero) is 1. The number of aromatic nitrogens is 1. The van der Waals surface area contributed by atoms with Gasteiger partial charge in [-0.05, 0) is 6.07 Å². The highest BCUT2D eigenvalue weighted by atomic mass is 19.1. The lowest BCUT2D eigenvalue weighted by atomic mass is 10.2. The zero-order valence-corrected chi connectivity index (χ0v) is 8.27. The number of hydrogen-bond donors (Lipinski definition) is 1. The summed E-state index contributed by atoms with van der Waals surface area (Å²) >= 11 is 0. The van der Waals surface area contributed by atoms with E-state index in [0.29, 0.717) is 0 Å². The van der Waals surface area contributed by atoms with Crippen LogP contribution in [0.25, 0.3) is 0 Å². The smallest absolute Gasteiger partial charge is 0.245 e. The molecule has 2 N–H and O–H groups in total. The molecule has 82 valence electrons. The first-order valence-corrected chi connectivity index (χ1v) is 4.07. The number of nitrogens with zero attached hydrogens (tertiary/aromatic N) is 3. The topological polar surface area (TPSA) is 101 Å². The predicted octanol–water partition coefficient (Wildman–Crippen LogP) is 0.250. The van der Waals surface area contributed by atoms with Crippen LogP contribution in [0.1, 0.15) is 10.5 Å². The molecular formula is C9H7FN4O2. The number of carbonyl (C=O) groups is 1. The van der Waals surface area contributed by atoms with Crippen molar-refractivity contribution in [1.29, 1.82) is 5.26 Å². The molecule has 1 rings (SSSR count). The van der Waals surface area contributed by atoms with Gasteiger partial charge in [0.2, 0.25) is 17.4 Å². The molecule has 1 aromatic rings. The number of pyridine rings is 1. The Hall–Kier alpha value is -2.49. The molecule has 7 heteroatoms. The highest BCUT2D eigenvalue weighted by Crippen LogP contribution is 2.12. The summed E-state index contributed by atoms with van der Waals surface area (Å²) in [6.45, 7) is 0. The maximum Gasteiger partial charge on any atom is 0.245 e. The van der Waals surface area contributed by atoms with E-state index < -0.39 is 23.0 Å². The quantitative estimate of drug-likeness (QED) is 0.342. The molecule has 0 aliphatic heterocycles. The minimum absolute atomic E-state index is 0.0547. The van der Waals surface area contributed by atoms with Crippen molar-refractivity contribution in [3.63, 3.8) is 0 Å². The number of carbonyl (C=O) groups excluding carboxylic acids is 1. The monoisotopic (exact) mass is 222 g/mol. The molecule has 0 bridgehead atoms. The van der Waals surface area contributed by atoms with Crippen molar-refractivity contribution in [1.82, 2.24) is 4.98 Å². The summed E-state index contributed by atoms with van der Waals surface area (Å²) in [6.07, 6.45) is 0. The second-order valence-electron chi connectivity index (χ2n) is 2.60. The minimum Gasteiger partial charge on any atom is -0.481 e. The molecular weight excluding hydrogens is 215 g/mol. The van der Waals surface area contributed by atoms with Gasteiger partial charge < -0.3 is 10.6 Å². The van der Waals surface area contributed by atoms with Crippen molar-refractivity contribution in [3.8, 4) is 11.9 Å². The normalized spacial score (nSPS) is 10.7. The van der Waals surface area contributed by atoms with E-state index in [4.69, 9.17) is 15.8 Å². The molecule has 0 fully saturated rings. The Bertz CT molecular complexity index is 493. The van der Waals surface area contributed by atoms with Gasteiger partial charge in [0.25, 0.3) is 0 Å². The Morgan fingerprint density at radius 3 is 2.88 bits per heavy atom. The third-order valence-corrected chi connectivity index (χ3v) is 1.69. The second kappa shape index (κ2) is 4.84. The van der Waals surface area contributed by atoms with Crippen LogP contribution in [0.4, 0.5) is 4.39 Å². The van der Waals surface area contributed by atoms with E-state index in [2.05, 4.69) is 10.1 Å². The van der Waals surface area contributed by atoms with E-state index in [1.807, 2.05) is 0 Å². The van der Waals surface area contributed by atoms with Crippen LogP contribution in [0.2, 0.25) is 0 Å². The number of nitrogens with two attached hydrogens (primary N) is 1. The lowest BCUT2D eigenvalue weighted by Crippen LogP contribution is -2.17. The van der Waals surface area contributed by atoms with Crippen LogP contribution in [0.15, 0.2) is 17.2 Å². The zero-order chi connectivity index (χ0) is 12.1. The number of halogens is 1. The van der Waals surface area contributed by atoms with Crippen LogP contribution in [0.5, 0.6) is 5.88 Å². The van der Waals surface area contributed by atoms with E-state index in [1.54, 1.807) is 0 Å². The molecule has 0 radical (unpaired) electrons. The lowest BCUT2D eigenvalue weighted by molar-refractivity contribution is 0.105. The van der Waals surface area contributed by atoms with Gasteiger partial charge in [-0.1, -0.05) is 0 Å². The maximum atomic E-state index is 13.2. The molecule has 1 aromatic heterocycles. The van der Waals surface area contributed by atoms with Gasteiger partial charge in [0.1, 0.15) is 6.07 Å². The maximum absolute atomic E-state index is 13.2. The Morgan fingerprint density at radius 1 is 1.69 bits per heavy atom. The molecule has 0 aromatic carbocycles. The summed E-state index contributed by atoms with van der Waals surface area (Å²) in [4.78, 5) is 15.1. The fraction of sp³-hybridized carbons (Fsp3) is 0.111. The molecule has 6 nitrogen and oxygen atoms in total. The number of methoxy groups -OCH3 is 1. The van der Waals surface area contributed by atoms with Gasteiger partial charge in [-0.3, -0.25) is 4.79 Å². The van der Waals surface area contributed by atoms with Gasteiger partial charge in [0, 0.05) is 6.07 Å². The number of ketones is 1. The van der Waals surface area contributed by atoms with Crippen molar-refractivity contribution in [2.45, 2.75) is 0 Å². The Morgan fingerprint density at radius 2 is 2.38 bits per heavy atom. The Labute approximate surface area is 90.1 Å². The lowest BCUT2D eigenvalue weighted by Gasteiger charge is -2.02. The molecule has 16 heavy (non-hydrogen) atoms. The Balaban J connectivity index is 3.23. The van der Waals surface area contributed by atoms with Crippen molar-refractivity contribution in [3.05, 3.63) is 23.6 Å². The number of hydrazone groups is 1. The predicted molar refractivity (Wildman–Crippen MR) is 52.3 cm³/mol. The van der Waals surface area contributed by atoms with E-state index >= 15 is 0 Å². The molecule has 0 aliphatic carbocycles. The van der Waals surface area contributed by atoms with Gasteiger partial charge in [0.15, 0.2) is 11.5 Å². The van der Waals surface area contributed by atoms with Gasteiger partial charge in [0.05, 0.1) is 7.11 Å². The number of rotatable bonds is 3. The molecule has 0 atom stereocenters. The van der Waals surface area contributed by atoms with Crippen LogP contribution in [0.3, 0.4) is 0 Å². The van der Waals surface area contributed by atoms with Gasteiger partial charge >= 0.3 is 0 Å². The Kier molecular flexibility index (Phi) is 3.50. The third-order valence-electron chi connectivity index (χ3n) is 1.69. The highest BCUT2D eigenvalue weighted by molar-refractivity contribution is 6.50. The van der Waals surface area contributed by atoms with Crippen LogP contribution in [-0.2, 0) is 0 Å². The number of hydrogen-bond acceptors (Lipinski definition) is 6.